The third-order valence-corrected chi connectivity index (χ3v) is 24.3. The van der Waals surface area contributed by atoms with Crippen molar-refractivity contribution in [2.24, 2.45) is 35.0 Å². The van der Waals surface area contributed by atoms with E-state index < -0.39 is 277 Å². The third-order valence-electron chi connectivity index (χ3n) is 23.3. The van der Waals surface area contributed by atoms with Gasteiger partial charge in [0.2, 0.25) is 112 Å². The number of aliphatic hydroxyl groups excluding tert-OH is 3. The topological polar surface area (TPSA) is 858 Å². The summed E-state index contributed by atoms with van der Waals surface area (Å²) in [5.74, 6) is -22.0. The van der Waals surface area contributed by atoms with Crippen molar-refractivity contribution < 1.29 is 116 Å². The van der Waals surface area contributed by atoms with Crippen LogP contribution in [0.4, 0.5) is 0 Å². The molecule has 56 heteroatoms. The molecule has 54 nitrogen and oxygen atoms in total. The molecule has 0 aliphatic carbocycles. The zero-order valence-electron chi connectivity index (χ0n) is 86.0. The lowest BCUT2D eigenvalue weighted by atomic mass is 9.96. The lowest BCUT2D eigenvalue weighted by Crippen LogP contribution is -2.62. The molecule has 2 aromatic heterocycles. The molecule has 35 N–H and O–H groups in total. The summed E-state index contributed by atoms with van der Waals surface area (Å²) < 4.78 is 0. The van der Waals surface area contributed by atoms with Gasteiger partial charge in [-0.3, -0.25) is 102 Å². The number of thioether (sulfide) groups is 1. The number of H-pyrrole nitrogens is 2. The molecule has 0 saturated carbocycles. The minimum Gasteiger partial charge on any atom is -0.480 e. The number of nitrogens with one attached hydrogen (secondary N) is 25. The Hall–Kier alpha value is -14.7. The van der Waals surface area contributed by atoms with Crippen LogP contribution in [0, 0.1) is 28.6 Å². The number of carboxylic acids is 1. The Balaban J connectivity index is 1.47. The first kappa shape index (κ1) is 128. The van der Waals surface area contributed by atoms with Crippen LogP contribution in [0.15, 0.2) is 85.7 Å². The Morgan fingerprint density at radius 1 is 0.393 bits per heavy atom. The summed E-state index contributed by atoms with van der Waals surface area (Å²) in [6.07, 6.45) is 5.10. The number of carboxylic acid groups (broad SMARTS) is 1. The fourth-order valence-corrected chi connectivity index (χ4v) is 15.1. The number of hydrogen-bond donors (Lipinski definition) is 33. The van der Waals surface area contributed by atoms with Crippen molar-refractivity contribution in [2.75, 3.05) is 50.6 Å². The summed E-state index contributed by atoms with van der Waals surface area (Å²) in [7, 11) is 0. The molecular formula is C94H148N30O24S2. The Labute approximate surface area is 877 Å². The number of nitrogens with two attached hydrogens (primary N) is 3. The van der Waals surface area contributed by atoms with Crippen molar-refractivity contribution in [1.29, 1.82) is 10.8 Å². The van der Waals surface area contributed by atoms with Gasteiger partial charge in [-0.1, -0.05) is 109 Å². The fraction of sp³-hybridized carbons (Fsp3) is 0.574. The van der Waals surface area contributed by atoms with Gasteiger partial charge in [0, 0.05) is 68.3 Å². The lowest BCUT2D eigenvalue weighted by molar-refractivity contribution is -0.142. The summed E-state index contributed by atoms with van der Waals surface area (Å²) >= 11 is 5.14. The first-order valence-corrected chi connectivity index (χ1v) is 50.8. The number of thiol groups is 1. The molecule has 4 aromatic rings. The Kier molecular flexibility index (Phi) is 56.1. The van der Waals surface area contributed by atoms with Gasteiger partial charge in [-0.05, 0) is 121 Å². The highest BCUT2D eigenvalue weighted by Gasteiger charge is 2.41. The van der Waals surface area contributed by atoms with Crippen molar-refractivity contribution in [3.05, 3.63) is 108 Å². The number of guanidine groups is 2. The van der Waals surface area contributed by atoms with E-state index in [2.05, 4.69) is 144 Å². The number of hydrogen-bond acceptors (Lipinski definition) is 30. The second-order valence-corrected chi connectivity index (χ2v) is 38.0. The van der Waals surface area contributed by atoms with Gasteiger partial charge in [0.15, 0.2) is 11.9 Å². The molecule has 0 aliphatic heterocycles. The number of benzene rings is 2. The highest BCUT2D eigenvalue weighted by atomic mass is 32.2. The van der Waals surface area contributed by atoms with Gasteiger partial charge in [-0.15, -0.1) is 0 Å². The molecular weight excluding hydrogens is 2000 g/mol. The number of carbonyl (C=O) groups is 20. The van der Waals surface area contributed by atoms with Crippen LogP contribution in [0.2, 0.25) is 0 Å². The standard InChI is InChI=1S/C94H148N30O24S2/c1-14-48(6)72(123-85(140)62(33-46(2)3)114-76(131)50(8)107-70(128)40-104-74(129)49(7)109-87(142)67(41-125)120-83(138)63(34-55-23-17-15-18-24-55)117-84(139)66(37-58-39-101-45-106-58)115-79(134)59(95)27-21-30-102-93(96)97)90(145)118-65(36-57-38-100-44-105-57)82(137)110-53(11)77(132)112-60(28-22-31-103-94(98)99)80(135)116-64(35-56-25-19-16-20-26-56)86(141)122-71(47(4)5)89(144)113-61(29-32-150-13)81(136)124-73(54(12)127)91(146)111-51(9)75(130)108-52(10)78(133)119-68(42-126)88(143)121-69(43-149)92(147)148/h15-20,23-26,38-39,44-54,59-69,71-73,125-127,149H,14,21-22,27-37,40-43,95H2,1-13H3,(H,100,105)(H,101,106)(H,104,129)(H,107,128)(H,108,130)(H,109,142)(H,110,137)(H,111,146)(H,112,132)(H,113,144)(H,114,131)(H,115,134)(H,116,135)(H,117,139)(H,118,145)(H,119,133)(H,120,138)(H,121,143)(H,122,141)(H,123,140)(H,124,136)(H,147,148)(H4,96,97,102)(H4,98,99,103)/t48-,49-,50-,51-,52-,53-,54+,59-,60-,61-,62-,63-,64-,65-,66-,67-,68-,69-,71-,72-,73-/m0/s1. The van der Waals surface area contributed by atoms with Gasteiger partial charge in [-0.2, -0.15) is 24.4 Å². The molecule has 0 saturated heterocycles. The van der Waals surface area contributed by atoms with E-state index in [4.69, 9.17) is 28.0 Å². The van der Waals surface area contributed by atoms with Crippen LogP contribution in [0.5, 0.6) is 0 Å². The van der Waals surface area contributed by atoms with Crippen LogP contribution in [0.1, 0.15) is 151 Å². The van der Waals surface area contributed by atoms with E-state index in [0.29, 0.717) is 28.9 Å². The predicted molar refractivity (Wildman–Crippen MR) is 551 cm³/mol. The number of nitrogens with zero attached hydrogens (tertiary/aromatic N) is 2. The van der Waals surface area contributed by atoms with Crippen molar-refractivity contribution in [3.63, 3.8) is 0 Å². The maximum atomic E-state index is 14.9. The SMILES string of the molecule is CC[C@H](C)[C@H](NC(=O)[C@H](CC(C)C)NC(=O)[C@H](C)NC(=O)CNC(=O)[C@H](C)NC(=O)[C@H](CO)NC(=O)[C@H](Cc1ccccc1)NC(=O)[C@H](Cc1cnc[nH]1)NC(=O)[C@@H](N)CCCNC(=N)N)C(=O)N[C@@H](Cc1cnc[nH]1)C(=O)N[C@@H](C)C(=O)N[C@@H](CCCNC(=N)N)C(=O)N[C@@H](Cc1ccccc1)C(=O)N[C@H](C(=O)N[C@@H](CCSC)C(=O)N[C@H](C(=O)N[C@@H](C)C(=O)N[C@@H](C)C(=O)N[C@@H](CO)C(=O)N[C@@H](CS)C(=O)O)[C@@H](C)O)C(C)C. The number of carbonyl (C=O) groups excluding carboxylic acids is 19. The van der Waals surface area contributed by atoms with Crippen LogP contribution < -0.4 is 129 Å². The monoisotopic (exact) mass is 2150 g/mol. The van der Waals surface area contributed by atoms with Crippen LogP contribution in [0.25, 0.3) is 0 Å². The third kappa shape index (κ3) is 45.6. The quantitative estimate of drug-likeness (QED) is 0.00845. The zero-order valence-corrected chi connectivity index (χ0v) is 87.7. The maximum absolute atomic E-state index is 14.9. The molecule has 0 fully saturated rings. The van der Waals surface area contributed by atoms with Crippen LogP contribution in [-0.2, 0) is 122 Å². The van der Waals surface area contributed by atoms with Gasteiger partial charge in [-0.25, -0.2) is 14.8 Å². The molecule has 0 aliphatic rings. The smallest absolute Gasteiger partial charge is 0.327 e. The minimum atomic E-state index is -1.79. The van der Waals surface area contributed by atoms with E-state index in [0.717, 1.165) is 6.92 Å². The fourth-order valence-electron chi connectivity index (χ4n) is 14.4. The first-order chi connectivity index (χ1) is 70.8. The summed E-state index contributed by atoms with van der Waals surface area (Å²) in [5.41, 5.74) is 18.9. The summed E-state index contributed by atoms with van der Waals surface area (Å²) in [6, 6.07) is -11.5. The van der Waals surface area contributed by atoms with Gasteiger partial charge in [0.1, 0.15) is 109 Å². The molecule has 2 aromatic carbocycles. The van der Waals surface area contributed by atoms with Gasteiger partial charge < -0.3 is 159 Å². The Morgan fingerprint density at radius 2 is 0.733 bits per heavy atom. The molecule has 0 radical (unpaired) electrons. The maximum Gasteiger partial charge on any atom is 0.327 e. The number of aliphatic hydroxyl groups is 3. The van der Waals surface area contributed by atoms with Crippen molar-refractivity contribution in [3.8, 4) is 0 Å². The first-order valence-electron chi connectivity index (χ1n) is 48.8. The van der Waals surface area contributed by atoms with Gasteiger partial charge in [0.25, 0.3) is 0 Å². The largest absolute Gasteiger partial charge is 0.480 e. The minimum absolute atomic E-state index is 0.00982. The van der Waals surface area contributed by atoms with E-state index in [9.17, 15) is 116 Å². The number of imidazole rings is 2. The summed E-state index contributed by atoms with van der Waals surface area (Å²) in [6.45, 7) is 14.7. The number of rotatable bonds is 67. The van der Waals surface area contributed by atoms with Gasteiger partial charge >= 0.3 is 5.97 Å². The Bertz CT molecular complexity index is 5150. The second-order valence-electron chi connectivity index (χ2n) is 36.7. The van der Waals surface area contributed by atoms with Crippen molar-refractivity contribution in [1.82, 2.24) is 132 Å². The molecule has 19 amide bonds. The molecule has 0 unspecified atom stereocenters. The molecule has 2 heterocycles. The van der Waals surface area contributed by atoms with E-state index >= 15 is 0 Å². The molecule has 4 rings (SSSR count). The average molecular weight is 2150 g/mol. The molecule has 0 bridgehead atoms. The number of amides is 19. The summed E-state index contributed by atoms with van der Waals surface area (Å²) in [4.78, 5) is 291. The van der Waals surface area contributed by atoms with Crippen LogP contribution >= 0.6 is 24.4 Å². The number of aliphatic carboxylic acids is 1. The molecule has 21 atom stereocenters. The number of aromatic nitrogens is 4. The normalized spacial score (nSPS) is 15.3. The Morgan fingerprint density at radius 3 is 1.18 bits per heavy atom. The average Bonchev–Trinajstić information content (AvgIpc) is 1.01. The number of aromatic amines is 2. The zero-order chi connectivity index (χ0) is 112. The lowest BCUT2D eigenvalue weighted by Gasteiger charge is -2.30. The molecule has 830 valence electrons. The van der Waals surface area contributed by atoms with Crippen molar-refractivity contribution in [2.45, 2.75) is 275 Å². The highest BCUT2D eigenvalue weighted by Crippen LogP contribution is 2.17. The predicted octanol–water partition coefficient (Wildman–Crippen LogP) is -8.92. The van der Waals surface area contributed by atoms with E-state index in [-0.39, 0.29) is 101 Å². The van der Waals surface area contributed by atoms with Crippen LogP contribution in [0.3, 0.4) is 0 Å². The summed E-state index contributed by atoms with van der Waals surface area (Å²) in [5, 5.41) is 108. The van der Waals surface area contributed by atoms with E-state index in [1.54, 1.807) is 108 Å². The van der Waals surface area contributed by atoms with E-state index in [1.165, 1.54) is 71.4 Å². The highest BCUT2D eigenvalue weighted by molar-refractivity contribution is 7.98. The van der Waals surface area contributed by atoms with E-state index in [1.807, 2.05) is 0 Å². The molecule has 0 spiro atoms. The molecule has 150 heavy (non-hydrogen) atoms. The van der Waals surface area contributed by atoms with Crippen LogP contribution in [-0.4, -0.2) is 342 Å². The van der Waals surface area contributed by atoms with Crippen molar-refractivity contribution >= 4 is 155 Å². The van der Waals surface area contributed by atoms with Gasteiger partial charge in [0.05, 0.1) is 44.6 Å². The second kappa shape index (κ2) is 65.9.